The summed E-state index contributed by atoms with van der Waals surface area (Å²) in [5.41, 5.74) is 3.97. The molecule has 3 nitrogen and oxygen atoms in total. The molecule has 1 unspecified atom stereocenters. The quantitative estimate of drug-likeness (QED) is 0.613. The first-order valence-corrected chi connectivity index (χ1v) is 10.8. The number of aliphatic hydroxyl groups is 1. The lowest BCUT2D eigenvalue weighted by Crippen LogP contribution is -2.38. The van der Waals surface area contributed by atoms with Gasteiger partial charge in [-0.15, -0.1) is 0 Å². The van der Waals surface area contributed by atoms with Gasteiger partial charge in [0.05, 0.1) is 5.60 Å². The van der Waals surface area contributed by atoms with Crippen molar-refractivity contribution in [3.63, 3.8) is 0 Å². The van der Waals surface area contributed by atoms with Gasteiger partial charge in [-0.25, -0.2) is 0 Å². The lowest BCUT2D eigenvalue weighted by Gasteiger charge is -2.34. The molecule has 1 N–H and O–H groups in total. The van der Waals surface area contributed by atoms with Crippen LogP contribution in [-0.4, -0.2) is 21.5 Å². The standard InChI is InChI=1S/C27H29NO2/c29-26(16-18-27(30)17-15-24-13-7-8-14-25(24)19-27)28(20-22-9-3-1-4-10-22)21-23-11-5-2-6-12-23/h1-14,30H,15-21H2. The third kappa shape index (κ3) is 5.17. The van der Waals surface area contributed by atoms with Gasteiger partial charge in [0, 0.05) is 25.9 Å². The van der Waals surface area contributed by atoms with Gasteiger partial charge in [0.15, 0.2) is 0 Å². The molecule has 4 rings (SSSR count). The van der Waals surface area contributed by atoms with Crippen LogP contribution in [0.25, 0.3) is 0 Å². The van der Waals surface area contributed by atoms with Crippen LogP contribution < -0.4 is 0 Å². The zero-order valence-corrected chi connectivity index (χ0v) is 17.3. The van der Waals surface area contributed by atoms with Crippen LogP contribution in [0, 0.1) is 0 Å². The normalized spacial score (nSPS) is 17.9. The van der Waals surface area contributed by atoms with E-state index >= 15 is 0 Å². The van der Waals surface area contributed by atoms with Crippen molar-refractivity contribution in [2.75, 3.05) is 0 Å². The fourth-order valence-corrected chi connectivity index (χ4v) is 4.34. The zero-order valence-electron chi connectivity index (χ0n) is 17.3. The second-order valence-electron chi connectivity index (χ2n) is 8.39. The van der Waals surface area contributed by atoms with E-state index in [1.807, 2.05) is 47.4 Å². The smallest absolute Gasteiger partial charge is 0.223 e. The maximum absolute atomic E-state index is 13.2. The van der Waals surface area contributed by atoms with E-state index in [2.05, 4.69) is 42.5 Å². The first-order valence-electron chi connectivity index (χ1n) is 10.8. The first-order chi connectivity index (χ1) is 14.6. The van der Waals surface area contributed by atoms with E-state index in [1.165, 1.54) is 11.1 Å². The number of fused-ring (bicyclic) bond motifs is 1. The molecule has 0 bridgehead atoms. The number of amides is 1. The van der Waals surface area contributed by atoms with E-state index in [-0.39, 0.29) is 5.91 Å². The number of carbonyl (C=O) groups is 1. The van der Waals surface area contributed by atoms with Crippen molar-refractivity contribution >= 4 is 5.91 Å². The Morgan fingerprint density at radius 3 is 1.93 bits per heavy atom. The molecule has 0 radical (unpaired) electrons. The van der Waals surface area contributed by atoms with E-state index in [4.69, 9.17) is 0 Å². The van der Waals surface area contributed by atoms with Crippen molar-refractivity contribution in [2.45, 2.75) is 50.8 Å². The van der Waals surface area contributed by atoms with Crippen molar-refractivity contribution in [1.29, 1.82) is 0 Å². The summed E-state index contributed by atoms with van der Waals surface area (Å²) >= 11 is 0. The number of rotatable bonds is 7. The second kappa shape index (κ2) is 9.27. The maximum Gasteiger partial charge on any atom is 0.223 e. The fourth-order valence-electron chi connectivity index (χ4n) is 4.34. The van der Waals surface area contributed by atoms with Gasteiger partial charge in [0.1, 0.15) is 0 Å². The Kier molecular flexibility index (Phi) is 6.29. The highest BCUT2D eigenvalue weighted by atomic mass is 16.3. The molecule has 3 aromatic carbocycles. The van der Waals surface area contributed by atoms with Gasteiger partial charge in [-0.3, -0.25) is 4.79 Å². The molecule has 0 aliphatic heterocycles. The molecule has 30 heavy (non-hydrogen) atoms. The highest BCUT2D eigenvalue weighted by molar-refractivity contribution is 5.76. The van der Waals surface area contributed by atoms with E-state index in [0.717, 1.165) is 17.5 Å². The molecule has 1 atom stereocenters. The van der Waals surface area contributed by atoms with Crippen LogP contribution in [0.4, 0.5) is 0 Å². The number of nitrogens with zero attached hydrogens (tertiary/aromatic N) is 1. The van der Waals surface area contributed by atoms with E-state index < -0.39 is 5.60 Å². The lowest BCUT2D eigenvalue weighted by atomic mass is 9.78. The molecule has 3 heteroatoms. The third-order valence-corrected chi connectivity index (χ3v) is 6.09. The summed E-state index contributed by atoms with van der Waals surface area (Å²) in [5.74, 6) is 0.0926. The monoisotopic (exact) mass is 399 g/mol. The van der Waals surface area contributed by atoms with Gasteiger partial charge in [0.25, 0.3) is 0 Å². The maximum atomic E-state index is 13.2. The molecular weight excluding hydrogens is 370 g/mol. The van der Waals surface area contributed by atoms with Crippen molar-refractivity contribution < 1.29 is 9.90 Å². The van der Waals surface area contributed by atoms with Crippen LogP contribution in [0.3, 0.4) is 0 Å². The van der Waals surface area contributed by atoms with Crippen LogP contribution in [0.15, 0.2) is 84.9 Å². The van der Waals surface area contributed by atoms with E-state index in [9.17, 15) is 9.90 Å². The SMILES string of the molecule is O=C(CCC1(O)CCc2ccccc2C1)N(Cc1ccccc1)Cc1ccccc1. The van der Waals surface area contributed by atoms with Crippen molar-refractivity contribution in [2.24, 2.45) is 0 Å². The van der Waals surface area contributed by atoms with Crippen LogP contribution in [0.1, 0.15) is 41.5 Å². The lowest BCUT2D eigenvalue weighted by molar-refractivity contribution is -0.134. The van der Waals surface area contributed by atoms with Crippen molar-refractivity contribution in [3.8, 4) is 0 Å². The Morgan fingerprint density at radius 2 is 1.33 bits per heavy atom. The predicted molar refractivity (Wildman–Crippen MR) is 120 cm³/mol. The van der Waals surface area contributed by atoms with Gasteiger partial charge in [0.2, 0.25) is 5.91 Å². The Labute approximate surface area is 179 Å². The molecule has 1 aliphatic rings. The van der Waals surface area contributed by atoms with Crippen LogP contribution in [0.5, 0.6) is 0 Å². The number of hydrogen-bond acceptors (Lipinski definition) is 2. The number of aryl methyl sites for hydroxylation is 1. The molecule has 0 aromatic heterocycles. The molecule has 154 valence electrons. The highest BCUT2D eigenvalue weighted by Crippen LogP contribution is 2.32. The second-order valence-corrected chi connectivity index (χ2v) is 8.39. The summed E-state index contributed by atoms with van der Waals surface area (Å²) in [6.07, 6.45) is 3.08. The van der Waals surface area contributed by atoms with E-state index in [1.54, 1.807) is 0 Å². The summed E-state index contributed by atoms with van der Waals surface area (Å²) in [6, 6.07) is 28.5. The highest BCUT2D eigenvalue weighted by Gasteiger charge is 2.32. The topological polar surface area (TPSA) is 40.5 Å². The zero-order chi connectivity index (χ0) is 20.8. The molecule has 1 amide bonds. The largest absolute Gasteiger partial charge is 0.390 e. The average Bonchev–Trinajstić information content (AvgIpc) is 2.78. The minimum atomic E-state index is -0.796. The third-order valence-electron chi connectivity index (χ3n) is 6.09. The molecule has 0 spiro atoms. The number of hydrogen-bond donors (Lipinski definition) is 1. The van der Waals surface area contributed by atoms with Crippen LogP contribution in [0.2, 0.25) is 0 Å². The Hall–Kier alpha value is -2.91. The summed E-state index contributed by atoms with van der Waals surface area (Å²) in [6.45, 7) is 1.16. The first kappa shape index (κ1) is 20.4. The van der Waals surface area contributed by atoms with Crippen LogP contribution >= 0.6 is 0 Å². The minimum absolute atomic E-state index is 0.0926. The van der Waals surface area contributed by atoms with Crippen LogP contribution in [-0.2, 0) is 30.7 Å². The van der Waals surface area contributed by atoms with Crippen molar-refractivity contribution in [1.82, 2.24) is 4.90 Å². The van der Waals surface area contributed by atoms with Gasteiger partial charge in [-0.2, -0.15) is 0 Å². The molecule has 1 aliphatic carbocycles. The summed E-state index contributed by atoms with van der Waals surface area (Å²) < 4.78 is 0. The number of benzene rings is 3. The molecule has 3 aromatic rings. The van der Waals surface area contributed by atoms with Gasteiger partial charge in [-0.1, -0.05) is 84.9 Å². The Balaban J connectivity index is 1.43. The fraction of sp³-hybridized carbons (Fsp3) is 0.296. The molecule has 0 fully saturated rings. The van der Waals surface area contributed by atoms with Gasteiger partial charge in [-0.05, 0) is 41.5 Å². The molecule has 0 saturated carbocycles. The predicted octanol–water partition coefficient (Wildman–Crippen LogP) is 4.92. The van der Waals surface area contributed by atoms with Gasteiger partial charge < -0.3 is 10.0 Å². The molecular formula is C27H29NO2. The Bertz CT molecular complexity index is 929. The molecule has 0 heterocycles. The summed E-state index contributed by atoms with van der Waals surface area (Å²) in [7, 11) is 0. The van der Waals surface area contributed by atoms with Crippen molar-refractivity contribution in [3.05, 3.63) is 107 Å². The van der Waals surface area contributed by atoms with Gasteiger partial charge >= 0.3 is 0 Å². The number of carbonyl (C=O) groups excluding carboxylic acids is 1. The Morgan fingerprint density at radius 1 is 0.800 bits per heavy atom. The summed E-state index contributed by atoms with van der Waals surface area (Å²) in [5, 5.41) is 11.2. The molecule has 0 saturated heterocycles. The van der Waals surface area contributed by atoms with E-state index in [0.29, 0.717) is 38.8 Å². The minimum Gasteiger partial charge on any atom is -0.390 e. The summed E-state index contributed by atoms with van der Waals surface area (Å²) in [4.78, 5) is 15.1. The average molecular weight is 400 g/mol.